The van der Waals surface area contributed by atoms with Gasteiger partial charge in [-0.15, -0.1) is 0 Å². The van der Waals surface area contributed by atoms with E-state index in [1.165, 1.54) is 18.5 Å². The summed E-state index contributed by atoms with van der Waals surface area (Å²) in [6.45, 7) is 2.67. The molecule has 1 rings (SSSR count). The smallest absolute Gasteiger partial charge is 0.328 e. The summed E-state index contributed by atoms with van der Waals surface area (Å²) in [6.07, 6.45) is 5.43. The van der Waals surface area contributed by atoms with E-state index in [1.54, 1.807) is 11.9 Å². The SMILES string of the molecule is CCN(CC(=O)NC)c1ncc(/C=C/C(=O)O)cn1. The van der Waals surface area contributed by atoms with Crippen LogP contribution in [-0.2, 0) is 9.59 Å². The summed E-state index contributed by atoms with van der Waals surface area (Å²) < 4.78 is 0. The highest BCUT2D eigenvalue weighted by Crippen LogP contribution is 2.07. The standard InChI is InChI=1S/C12H16N4O3/c1-3-16(8-10(17)13-2)12-14-6-9(7-15-12)4-5-11(18)19/h4-7H,3,8H2,1-2H3,(H,13,17)(H,18,19)/b5-4+. The molecule has 2 N–H and O–H groups in total. The average Bonchev–Trinajstić information content (AvgIpc) is 2.42. The number of hydrogen-bond donors (Lipinski definition) is 2. The molecule has 0 fully saturated rings. The van der Waals surface area contributed by atoms with Gasteiger partial charge in [-0.1, -0.05) is 0 Å². The maximum Gasteiger partial charge on any atom is 0.328 e. The van der Waals surface area contributed by atoms with Crippen LogP contribution in [0.3, 0.4) is 0 Å². The third-order valence-corrected chi connectivity index (χ3v) is 2.35. The Morgan fingerprint density at radius 2 is 2.05 bits per heavy atom. The van der Waals surface area contributed by atoms with Gasteiger partial charge in [0.1, 0.15) is 0 Å². The second-order valence-electron chi connectivity index (χ2n) is 3.68. The van der Waals surface area contributed by atoms with Gasteiger partial charge in [-0.3, -0.25) is 4.79 Å². The zero-order chi connectivity index (χ0) is 14.3. The molecular formula is C12H16N4O3. The molecule has 0 atom stereocenters. The number of carboxylic acid groups (broad SMARTS) is 1. The summed E-state index contributed by atoms with van der Waals surface area (Å²) in [5, 5.41) is 11.0. The Morgan fingerprint density at radius 1 is 1.42 bits per heavy atom. The van der Waals surface area contributed by atoms with Crippen molar-refractivity contribution >= 4 is 23.9 Å². The summed E-state index contributed by atoms with van der Waals surface area (Å²) in [5.41, 5.74) is 0.585. The van der Waals surface area contributed by atoms with Crippen LogP contribution in [-0.4, -0.2) is 47.1 Å². The molecule has 0 radical (unpaired) electrons. The lowest BCUT2D eigenvalue weighted by Gasteiger charge is -2.19. The number of amides is 1. The molecule has 0 bridgehead atoms. The Labute approximate surface area is 111 Å². The quantitative estimate of drug-likeness (QED) is 0.710. The second-order valence-corrected chi connectivity index (χ2v) is 3.68. The summed E-state index contributed by atoms with van der Waals surface area (Å²) in [5.74, 6) is -0.724. The van der Waals surface area contributed by atoms with Crippen molar-refractivity contribution in [2.45, 2.75) is 6.92 Å². The molecule has 0 aliphatic heterocycles. The van der Waals surface area contributed by atoms with Crippen molar-refractivity contribution in [1.29, 1.82) is 0 Å². The Hall–Kier alpha value is -2.44. The van der Waals surface area contributed by atoms with Gasteiger partial charge in [0, 0.05) is 37.6 Å². The average molecular weight is 264 g/mol. The van der Waals surface area contributed by atoms with Crippen LogP contribution in [0.2, 0.25) is 0 Å². The van der Waals surface area contributed by atoms with Crippen molar-refractivity contribution in [3.63, 3.8) is 0 Å². The minimum absolute atomic E-state index is 0.125. The first-order valence-corrected chi connectivity index (χ1v) is 5.75. The minimum Gasteiger partial charge on any atom is -0.478 e. The van der Waals surface area contributed by atoms with E-state index in [0.717, 1.165) is 6.08 Å². The number of aromatic nitrogens is 2. The van der Waals surface area contributed by atoms with E-state index in [1.807, 2.05) is 6.92 Å². The number of carbonyl (C=O) groups excluding carboxylic acids is 1. The van der Waals surface area contributed by atoms with Crippen LogP contribution in [0.25, 0.3) is 6.08 Å². The summed E-state index contributed by atoms with van der Waals surface area (Å²) in [6, 6.07) is 0. The van der Waals surface area contributed by atoms with Gasteiger partial charge in [-0.25, -0.2) is 14.8 Å². The zero-order valence-corrected chi connectivity index (χ0v) is 10.8. The second kappa shape index (κ2) is 7.10. The van der Waals surface area contributed by atoms with Crippen molar-refractivity contribution in [3.05, 3.63) is 24.0 Å². The number of hydrogen-bond acceptors (Lipinski definition) is 5. The van der Waals surface area contributed by atoms with Crippen LogP contribution in [0.5, 0.6) is 0 Å². The molecule has 1 aromatic heterocycles. The lowest BCUT2D eigenvalue weighted by molar-refractivity contribution is -0.131. The van der Waals surface area contributed by atoms with E-state index < -0.39 is 5.97 Å². The minimum atomic E-state index is -1.03. The first-order valence-electron chi connectivity index (χ1n) is 5.75. The molecule has 0 aliphatic rings. The van der Waals surface area contributed by atoms with Crippen molar-refractivity contribution in [1.82, 2.24) is 15.3 Å². The van der Waals surface area contributed by atoms with Crippen LogP contribution in [0, 0.1) is 0 Å². The molecular weight excluding hydrogens is 248 g/mol. The highest BCUT2D eigenvalue weighted by atomic mass is 16.4. The molecule has 0 unspecified atom stereocenters. The summed E-state index contributed by atoms with van der Waals surface area (Å²) >= 11 is 0. The van der Waals surface area contributed by atoms with Crippen LogP contribution in [0.1, 0.15) is 12.5 Å². The van der Waals surface area contributed by atoms with Gasteiger partial charge in [0.05, 0.1) is 6.54 Å². The van der Waals surface area contributed by atoms with E-state index >= 15 is 0 Å². The molecule has 7 heteroatoms. The van der Waals surface area contributed by atoms with Gasteiger partial charge in [-0.2, -0.15) is 0 Å². The Bertz CT molecular complexity index is 470. The zero-order valence-electron chi connectivity index (χ0n) is 10.8. The van der Waals surface area contributed by atoms with Gasteiger partial charge in [0.2, 0.25) is 11.9 Å². The highest BCUT2D eigenvalue weighted by Gasteiger charge is 2.10. The molecule has 19 heavy (non-hydrogen) atoms. The molecule has 0 aliphatic carbocycles. The van der Waals surface area contributed by atoms with Gasteiger partial charge >= 0.3 is 5.97 Å². The predicted molar refractivity (Wildman–Crippen MR) is 70.7 cm³/mol. The first-order chi connectivity index (χ1) is 9.06. The number of likely N-dealkylation sites (N-methyl/N-ethyl adjacent to an activating group) is 2. The molecule has 0 saturated heterocycles. The van der Waals surface area contributed by atoms with Crippen LogP contribution in [0.15, 0.2) is 18.5 Å². The normalized spacial score (nSPS) is 10.4. The Kier molecular flexibility index (Phi) is 5.46. The summed E-state index contributed by atoms with van der Waals surface area (Å²) in [7, 11) is 1.57. The molecule has 1 amide bonds. The fraction of sp³-hybridized carbons (Fsp3) is 0.333. The van der Waals surface area contributed by atoms with E-state index in [4.69, 9.17) is 5.11 Å². The monoisotopic (exact) mass is 264 g/mol. The van der Waals surface area contributed by atoms with Crippen LogP contribution >= 0.6 is 0 Å². The van der Waals surface area contributed by atoms with Crippen LogP contribution < -0.4 is 10.2 Å². The van der Waals surface area contributed by atoms with E-state index in [9.17, 15) is 9.59 Å². The summed E-state index contributed by atoms with van der Waals surface area (Å²) in [4.78, 5) is 31.6. The van der Waals surface area contributed by atoms with Crippen LogP contribution in [0.4, 0.5) is 5.95 Å². The van der Waals surface area contributed by atoms with Crippen molar-refractivity contribution in [2.24, 2.45) is 0 Å². The van der Waals surface area contributed by atoms with Gasteiger partial charge in [-0.05, 0) is 13.0 Å². The predicted octanol–water partition coefficient (Wildman–Crippen LogP) is 0.147. The number of carbonyl (C=O) groups is 2. The third kappa shape index (κ3) is 4.74. The molecule has 0 spiro atoms. The fourth-order valence-electron chi connectivity index (χ4n) is 1.32. The number of nitrogens with zero attached hydrogens (tertiary/aromatic N) is 3. The third-order valence-electron chi connectivity index (χ3n) is 2.35. The molecule has 1 aromatic rings. The number of rotatable bonds is 6. The van der Waals surface area contributed by atoms with Gasteiger partial charge in [0.25, 0.3) is 0 Å². The topological polar surface area (TPSA) is 95.4 Å². The maximum atomic E-state index is 11.3. The lowest BCUT2D eigenvalue weighted by Crippen LogP contribution is -2.36. The van der Waals surface area contributed by atoms with E-state index in [0.29, 0.717) is 18.1 Å². The molecule has 7 nitrogen and oxygen atoms in total. The molecule has 1 heterocycles. The Morgan fingerprint density at radius 3 is 2.53 bits per heavy atom. The van der Waals surface area contributed by atoms with Crippen molar-refractivity contribution < 1.29 is 14.7 Å². The Balaban J connectivity index is 2.78. The number of aliphatic carboxylic acids is 1. The van der Waals surface area contributed by atoms with Gasteiger partial charge in [0.15, 0.2) is 0 Å². The largest absolute Gasteiger partial charge is 0.478 e. The maximum absolute atomic E-state index is 11.3. The molecule has 0 saturated carbocycles. The first kappa shape index (κ1) is 14.6. The van der Waals surface area contributed by atoms with E-state index in [-0.39, 0.29) is 12.5 Å². The van der Waals surface area contributed by atoms with E-state index in [2.05, 4.69) is 15.3 Å². The lowest BCUT2D eigenvalue weighted by atomic mass is 10.3. The van der Waals surface area contributed by atoms with Crippen molar-refractivity contribution in [3.8, 4) is 0 Å². The molecule has 0 aromatic carbocycles. The van der Waals surface area contributed by atoms with Crippen molar-refractivity contribution in [2.75, 3.05) is 25.0 Å². The fourth-order valence-corrected chi connectivity index (χ4v) is 1.32. The number of anilines is 1. The van der Waals surface area contributed by atoms with Gasteiger partial charge < -0.3 is 15.3 Å². The highest BCUT2D eigenvalue weighted by molar-refractivity contribution is 5.85. The number of nitrogens with one attached hydrogen (secondary N) is 1. The molecule has 102 valence electrons. The number of carboxylic acids is 1.